The van der Waals surface area contributed by atoms with E-state index in [2.05, 4.69) is 205 Å². The fraction of sp³-hybridized carbons (Fsp3) is 0. The van der Waals surface area contributed by atoms with Crippen molar-refractivity contribution in [3.63, 3.8) is 0 Å². The van der Waals surface area contributed by atoms with Crippen molar-refractivity contribution in [1.82, 2.24) is 14.5 Å². The van der Waals surface area contributed by atoms with Crippen LogP contribution in [0.15, 0.2) is 224 Å². The molecule has 0 unspecified atom stereocenters. The summed E-state index contributed by atoms with van der Waals surface area (Å²) in [6, 6.07) is 80.6. The lowest BCUT2D eigenvalue weighted by molar-refractivity contribution is 1.18. The van der Waals surface area contributed by atoms with Crippen LogP contribution in [0.5, 0.6) is 0 Å². The molecule has 10 aromatic carbocycles. The summed E-state index contributed by atoms with van der Waals surface area (Å²) >= 11 is 0. The Labute approximate surface area is 353 Å². The number of hydrogen-bond donors (Lipinski definition) is 0. The summed E-state index contributed by atoms with van der Waals surface area (Å²) in [7, 11) is 0. The summed E-state index contributed by atoms with van der Waals surface area (Å²) in [5.41, 5.74) is 13.2. The van der Waals surface area contributed by atoms with Gasteiger partial charge in [-0.15, -0.1) is 0 Å². The quantitative estimate of drug-likeness (QED) is 0.158. The molecule has 0 saturated carbocycles. The first-order chi connectivity index (χ1) is 30.2. The van der Waals surface area contributed by atoms with Gasteiger partial charge in [-0.1, -0.05) is 182 Å². The number of hydrogen-bond acceptors (Lipinski definition) is 2. The number of nitrogens with zero attached hydrogens (tertiary/aromatic N) is 3. The van der Waals surface area contributed by atoms with Crippen LogP contribution in [-0.4, -0.2) is 14.5 Å². The molecule has 0 spiro atoms. The van der Waals surface area contributed by atoms with Gasteiger partial charge in [0.15, 0.2) is 5.82 Å². The molecule has 0 aliphatic rings. The summed E-state index contributed by atoms with van der Waals surface area (Å²) in [6.07, 6.45) is 0. The van der Waals surface area contributed by atoms with Gasteiger partial charge in [0.25, 0.3) is 0 Å². The molecule has 0 fully saturated rings. The number of fused-ring (bicyclic) bond motifs is 9. The Morgan fingerprint density at radius 1 is 0.279 bits per heavy atom. The molecule has 0 amide bonds. The summed E-state index contributed by atoms with van der Waals surface area (Å²) < 4.78 is 2.39. The summed E-state index contributed by atoms with van der Waals surface area (Å²) in [5.74, 6) is 0.710. The molecule has 284 valence electrons. The lowest BCUT2D eigenvalue weighted by atomic mass is 9.88. The van der Waals surface area contributed by atoms with Gasteiger partial charge in [0.2, 0.25) is 0 Å². The van der Waals surface area contributed by atoms with E-state index in [1.165, 1.54) is 70.8 Å². The van der Waals surface area contributed by atoms with E-state index in [4.69, 9.17) is 9.97 Å². The predicted molar refractivity (Wildman–Crippen MR) is 256 cm³/mol. The Bertz CT molecular complexity index is 3570. The van der Waals surface area contributed by atoms with Gasteiger partial charge in [0.1, 0.15) is 0 Å². The van der Waals surface area contributed by atoms with E-state index >= 15 is 0 Å². The van der Waals surface area contributed by atoms with Crippen molar-refractivity contribution in [2.24, 2.45) is 0 Å². The Morgan fingerprint density at radius 3 is 1.57 bits per heavy atom. The predicted octanol–water partition coefficient (Wildman–Crippen LogP) is 15.4. The average molecular weight is 776 g/mol. The number of benzene rings is 10. The third-order valence-electron chi connectivity index (χ3n) is 12.2. The molecule has 3 heteroatoms. The van der Waals surface area contributed by atoms with Gasteiger partial charge in [-0.3, -0.25) is 0 Å². The maximum Gasteiger partial charge on any atom is 0.160 e. The van der Waals surface area contributed by atoms with Gasteiger partial charge >= 0.3 is 0 Å². The van der Waals surface area contributed by atoms with Crippen LogP contribution in [0.4, 0.5) is 0 Å². The highest BCUT2D eigenvalue weighted by Gasteiger charge is 2.17. The van der Waals surface area contributed by atoms with Crippen molar-refractivity contribution in [3.8, 4) is 61.8 Å². The summed E-state index contributed by atoms with van der Waals surface area (Å²) in [4.78, 5) is 10.2. The third-order valence-corrected chi connectivity index (χ3v) is 12.2. The Hall–Kier alpha value is -8.14. The van der Waals surface area contributed by atoms with Crippen LogP contribution in [0.2, 0.25) is 0 Å². The second-order valence-electron chi connectivity index (χ2n) is 15.7. The second kappa shape index (κ2) is 14.3. The molecule has 61 heavy (non-hydrogen) atoms. The fourth-order valence-electron chi connectivity index (χ4n) is 9.34. The largest absolute Gasteiger partial charge is 0.309 e. The first kappa shape index (κ1) is 34.9. The lowest BCUT2D eigenvalue weighted by Gasteiger charge is -2.16. The van der Waals surface area contributed by atoms with Gasteiger partial charge in [-0.05, 0) is 97.0 Å². The van der Waals surface area contributed by atoms with Crippen LogP contribution >= 0.6 is 0 Å². The van der Waals surface area contributed by atoms with Gasteiger partial charge in [0, 0.05) is 33.2 Å². The standard InChI is InChI=1S/C58H37N3/c1-4-16-38(17-5-1)53-37-54(60-58(59-53)39-18-6-2-7-19-39)43-21-14-20-42(34-43)45-27-15-28-50-46-24-10-11-25-47(46)52-35-40(31-33-51(52)57(45)50)41-30-32-49-48-26-12-13-29-55(48)61(56(49)36-41)44-22-8-3-9-23-44/h1-37H. The van der Waals surface area contributed by atoms with Crippen molar-refractivity contribution in [1.29, 1.82) is 0 Å². The van der Waals surface area contributed by atoms with Crippen LogP contribution in [0.25, 0.3) is 116 Å². The van der Waals surface area contributed by atoms with Gasteiger partial charge < -0.3 is 4.57 Å². The van der Waals surface area contributed by atoms with E-state index in [1.54, 1.807) is 0 Å². The lowest BCUT2D eigenvalue weighted by Crippen LogP contribution is -1.96. The normalized spacial score (nSPS) is 11.6. The molecule has 0 aliphatic carbocycles. The molecule has 0 radical (unpaired) electrons. The van der Waals surface area contributed by atoms with Crippen molar-refractivity contribution in [2.75, 3.05) is 0 Å². The molecule has 0 saturated heterocycles. The maximum absolute atomic E-state index is 5.17. The molecule has 0 aliphatic heterocycles. The van der Waals surface area contributed by atoms with E-state index in [1.807, 2.05) is 24.3 Å². The molecule has 0 bridgehead atoms. The van der Waals surface area contributed by atoms with Crippen LogP contribution < -0.4 is 0 Å². The van der Waals surface area contributed by atoms with E-state index in [9.17, 15) is 0 Å². The molecule has 0 N–H and O–H groups in total. The minimum Gasteiger partial charge on any atom is -0.309 e. The molecule has 2 heterocycles. The SMILES string of the molecule is c1ccc(-c2cc(-c3cccc(-c4cccc5c6ccccc6c6cc(-c7ccc8c9ccccc9n(-c9ccccc9)c8c7)ccc6c45)c3)nc(-c3ccccc3)n2)cc1. The fourth-order valence-corrected chi connectivity index (χ4v) is 9.34. The van der Waals surface area contributed by atoms with E-state index in [0.29, 0.717) is 5.82 Å². The number of aromatic nitrogens is 3. The van der Waals surface area contributed by atoms with Gasteiger partial charge in [-0.2, -0.15) is 0 Å². The van der Waals surface area contributed by atoms with E-state index in [-0.39, 0.29) is 0 Å². The second-order valence-corrected chi connectivity index (χ2v) is 15.7. The Kier molecular flexibility index (Phi) is 8.17. The molecule has 3 nitrogen and oxygen atoms in total. The van der Waals surface area contributed by atoms with E-state index in [0.717, 1.165) is 39.3 Å². The van der Waals surface area contributed by atoms with Crippen LogP contribution in [0, 0.1) is 0 Å². The minimum absolute atomic E-state index is 0.710. The van der Waals surface area contributed by atoms with E-state index < -0.39 is 0 Å². The smallest absolute Gasteiger partial charge is 0.160 e. The van der Waals surface area contributed by atoms with Gasteiger partial charge in [0.05, 0.1) is 22.4 Å². The molecule has 12 aromatic rings. The van der Waals surface area contributed by atoms with Crippen molar-refractivity contribution in [2.45, 2.75) is 0 Å². The highest BCUT2D eigenvalue weighted by Crippen LogP contribution is 2.43. The number of para-hydroxylation sites is 2. The molecule has 2 aromatic heterocycles. The molecule has 12 rings (SSSR count). The zero-order valence-corrected chi connectivity index (χ0v) is 33.2. The highest BCUT2D eigenvalue weighted by molar-refractivity contribution is 6.29. The summed E-state index contributed by atoms with van der Waals surface area (Å²) in [5, 5.41) is 9.97. The van der Waals surface area contributed by atoms with Crippen LogP contribution in [-0.2, 0) is 0 Å². The highest BCUT2D eigenvalue weighted by atomic mass is 15.0. The molecular weight excluding hydrogens is 739 g/mol. The Morgan fingerprint density at radius 2 is 0.803 bits per heavy atom. The Balaban J connectivity index is 1.04. The minimum atomic E-state index is 0.710. The third kappa shape index (κ3) is 5.90. The van der Waals surface area contributed by atoms with Crippen molar-refractivity contribution < 1.29 is 0 Å². The molecule has 0 atom stereocenters. The first-order valence-corrected chi connectivity index (χ1v) is 20.8. The van der Waals surface area contributed by atoms with Crippen LogP contribution in [0.1, 0.15) is 0 Å². The monoisotopic (exact) mass is 775 g/mol. The topological polar surface area (TPSA) is 30.7 Å². The zero-order chi connectivity index (χ0) is 40.3. The maximum atomic E-state index is 5.17. The van der Waals surface area contributed by atoms with Crippen molar-refractivity contribution >= 4 is 54.1 Å². The van der Waals surface area contributed by atoms with Crippen molar-refractivity contribution in [3.05, 3.63) is 224 Å². The zero-order valence-electron chi connectivity index (χ0n) is 33.2. The number of rotatable bonds is 6. The van der Waals surface area contributed by atoms with Crippen LogP contribution in [0.3, 0.4) is 0 Å². The average Bonchev–Trinajstić information content (AvgIpc) is 3.68. The van der Waals surface area contributed by atoms with Gasteiger partial charge in [-0.25, -0.2) is 9.97 Å². The molecular formula is C58H37N3. The first-order valence-electron chi connectivity index (χ1n) is 20.8. The summed E-state index contributed by atoms with van der Waals surface area (Å²) in [6.45, 7) is 0.